The molecule has 0 unspecified atom stereocenters. The van der Waals surface area contributed by atoms with Crippen LogP contribution in [0.3, 0.4) is 0 Å². The molecule has 0 spiro atoms. The molecule has 25 heavy (non-hydrogen) atoms. The van der Waals surface area contributed by atoms with E-state index in [9.17, 15) is 13.6 Å². The van der Waals surface area contributed by atoms with Gasteiger partial charge in [-0.05, 0) is 68.4 Å². The number of aldehydes is 1. The van der Waals surface area contributed by atoms with Crippen molar-refractivity contribution >= 4 is 6.29 Å². The Morgan fingerprint density at radius 3 is 2.12 bits per heavy atom. The number of alkyl halides is 2. The van der Waals surface area contributed by atoms with Crippen molar-refractivity contribution in [1.29, 1.82) is 0 Å². The largest absolute Gasteiger partial charge is 0.429 e. The molecule has 3 rings (SSSR count). The van der Waals surface area contributed by atoms with Crippen LogP contribution in [-0.2, 0) is 10.9 Å². The summed E-state index contributed by atoms with van der Waals surface area (Å²) in [5, 5.41) is 0. The normalized spacial score (nSPS) is 20.9. The second kappa shape index (κ2) is 7.34. The number of halogens is 2. The molecular weight excluding hydrogens is 322 g/mol. The molecule has 0 heterocycles. The van der Waals surface area contributed by atoms with E-state index in [1.165, 1.54) is 12.1 Å². The van der Waals surface area contributed by atoms with E-state index in [0.29, 0.717) is 5.92 Å². The highest BCUT2D eigenvalue weighted by Crippen LogP contribution is 2.37. The topological polar surface area (TPSA) is 26.3 Å². The van der Waals surface area contributed by atoms with Crippen molar-refractivity contribution in [1.82, 2.24) is 0 Å². The number of carbonyl (C=O) groups is 1. The Morgan fingerprint density at radius 1 is 0.960 bits per heavy atom. The summed E-state index contributed by atoms with van der Waals surface area (Å²) < 4.78 is 33.4. The highest BCUT2D eigenvalue weighted by Gasteiger charge is 2.34. The van der Waals surface area contributed by atoms with Crippen molar-refractivity contribution in [2.75, 3.05) is 0 Å². The molecule has 1 saturated carbocycles. The molecule has 1 fully saturated rings. The molecule has 0 N–H and O–H groups in total. The zero-order valence-corrected chi connectivity index (χ0v) is 14.3. The van der Waals surface area contributed by atoms with Gasteiger partial charge in [-0.15, -0.1) is 0 Å². The minimum Gasteiger partial charge on any atom is -0.429 e. The van der Waals surface area contributed by atoms with Gasteiger partial charge in [0, 0.05) is 5.92 Å². The SMILES string of the molecule is Cc1ccc(C(F)(F)Oc2ccc(C3CCC(C=O)CC3)cc2)cc1. The van der Waals surface area contributed by atoms with Crippen molar-refractivity contribution < 1.29 is 18.3 Å². The Bertz CT molecular complexity index is 700. The average Bonchev–Trinajstić information content (AvgIpc) is 2.62. The van der Waals surface area contributed by atoms with Gasteiger partial charge in [0.1, 0.15) is 12.0 Å². The first-order valence-electron chi connectivity index (χ1n) is 8.67. The number of rotatable bonds is 5. The summed E-state index contributed by atoms with van der Waals surface area (Å²) in [6.45, 7) is 1.85. The van der Waals surface area contributed by atoms with Gasteiger partial charge in [0.25, 0.3) is 0 Å². The summed E-state index contributed by atoms with van der Waals surface area (Å²) >= 11 is 0. The van der Waals surface area contributed by atoms with E-state index in [1.54, 1.807) is 24.3 Å². The predicted molar refractivity (Wildman–Crippen MR) is 92.9 cm³/mol. The molecule has 1 aliphatic carbocycles. The third kappa shape index (κ3) is 4.25. The summed E-state index contributed by atoms with van der Waals surface area (Å²) in [4.78, 5) is 10.8. The number of ether oxygens (including phenoxy) is 1. The van der Waals surface area contributed by atoms with Crippen molar-refractivity contribution in [3.05, 3.63) is 65.2 Å². The van der Waals surface area contributed by atoms with E-state index < -0.39 is 6.11 Å². The minimum atomic E-state index is -3.36. The van der Waals surface area contributed by atoms with E-state index in [0.717, 1.165) is 43.1 Å². The quantitative estimate of drug-likeness (QED) is 0.660. The summed E-state index contributed by atoms with van der Waals surface area (Å²) in [6, 6.07) is 13.0. The molecule has 2 nitrogen and oxygen atoms in total. The monoisotopic (exact) mass is 344 g/mol. The van der Waals surface area contributed by atoms with Gasteiger partial charge < -0.3 is 9.53 Å². The number of benzene rings is 2. The van der Waals surface area contributed by atoms with Gasteiger partial charge in [-0.25, -0.2) is 0 Å². The fourth-order valence-corrected chi connectivity index (χ4v) is 3.35. The molecule has 132 valence electrons. The second-order valence-corrected chi connectivity index (χ2v) is 6.80. The van der Waals surface area contributed by atoms with Crippen molar-refractivity contribution in [2.45, 2.75) is 44.6 Å². The zero-order chi connectivity index (χ0) is 17.9. The van der Waals surface area contributed by atoms with Crippen LogP contribution in [0.5, 0.6) is 5.75 Å². The molecule has 0 aliphatic heterocycles. The molecule has 0 radical (unpaired) electrons. The van der Waals surface area contributed by atoms with Crippen LogP contribution in [0, 0.1) is 12.8 Å². The standard InChI is InChI=1S/C21H22F2O2/c1-15-2-10-19(11-3-15)21(22,23)25-20-12-8-18(9-13-20)17-6-4-16(14-24)5-7-17/h2-3,8-14,16-17H,4-7H2,1H3. The molecule has 2 aromatic rings. The number of hydrogen-bond donors (Lipinski definition) is 0. The van der Waals surface area contributed by atoms with E-state index in [4.69, 9.17) is 4.74 Å². The van der Waals surface area contributed by atoms with Crippen LogP contribution in [-0.4, -0.2) is 6.29 Å². The van der Waals surface area contributed by atoms with Crippen LogP contribution < -0.4 is 4.74 Å². The molecule has 0 atom stereocenters. The molecular formula is C21H22F2O2. The average molecular weight is 344 g/mol. The van der Waals surface area contributed by atoms with Crippen molar-refractivity contribution in [3.63, 3.8) is 0 Å². The van der Waals surface area contributed by atoms with Crippen molar-refractivity contribution in [3.8, 4) is 5.75 Å². The molecule has 0 aromatic heterocycles. The highest BCUT2D eigenvalue weighted by atomic mass is 19.3. The lowest BCUT2D eigenvalue weighted by Gasteiger charge is -2.26. The lowest BCUT2D eigenvalue weighted by Crippen LogP contribution is -2.21. The van der Waals surface area contributed by atoms with Gasteiger partial charge in [0.15, 0.2) is 0 Å². The van der Waals surface area contributed by atoms with Crippen LogP contribution >= 0.6 is 0 Å². The summed E-state index contributed by atoms with van der Waals surface area (Å²) in [6.07, 6.45) is 1.40. The lowest BCUT2D eigenvalue weighted by molar-refractivity contribution is -0.185. The summed E-state index contributed by atoms with van der Waals surface area (Å²) in [5.74, 6) is 0.714. The number of hydrogen-bond acceptors (Lipinski definition) is 2. The molecule has 4 heteroatoms. The zero-order valence-electron chi connectivity index (χ0n) is 14.3. The summed E-state index contributed by atoms with van der Waals surface area (Å²) in [5.41, 5.74) is 1.89. The van der Waals surface area contributed by atoms with Crippen LogP contribution in [0.4, 0.5) is 8.78 Å². The predicted octanol–water partition coefficient (Wildman–Crippen LogP) is 5.60. The van der Waals surface area contributed by atoms with Gasteiger partial charge in [0.2, 0.25) is 0 Å². The maximum atomic E-state index is 14.3. The molecule has 2 aromatic carbocycles. The maximum Gasteiger partial charge on any atom is 0.426 e. The van der Waals surface area contributed by atoms with Gasteiger partial charge >= 0.3 is 6.11 Å². The minimum absolute atomic E-state index is 0.149. The van der Waals surface area contributed by atoms with Gasteiger partial charge in [-0.1, -0.05) is 29.8 Å². The maximum absolute atomic E-state index is 14.3. The Morgan fingerprint density at radius 2 is 1.56 bits per heavy atom. The Hall–Kier alpha value is -2.23. The van der Waals surface area contributed by atoms with Crippen LogP contribution in [0.2, 0.25) is 0 Å². The Kier molecular flexibility index (Phi) is 5.16. The molecule has 1 aliphatic rings. The first-order valence-corrected chi connectivity index (χ1v) is 8.67. The Labute approximate surface area is 146 Å². The first kappa shape index (κ1) is 17.6. The Balaban J connectivity index is 1.66. The number of aryl methyl sites for hydroxylation is 1. The second-order valence-electron chi connectivity index (χ2n) is 6.80. The number of carbonyl (C=O) groups excluding carboxylic acids is 1. The van der Waals surface area contributed by atoms with Gasteiger partial charge in [-0.2, -0.15) is 8.78 Å². The summed E-state index contributed by atoms with van der Waals surface area (Å²) in [7, 11) is 0. The molecule has 0 bridgehead atoms. The van der Waals surface area contributed by atoms with Crippen LogP contribution in [0.25, 0.3) is 0 Å². The van der Waals surface area contributed by atoms with E-state index >= 15 is 0 Å². The fourth-order valence-electron chi connectivity index (χ4n) is 3.35. The van der Waals surface area contributed by atoms with Crippen LogP contribution in [0.1, 0.15) is 48.3 Å². The molecule has 0 amide bonds. The third-order valence-electron chi connectivity index (χ3n) is 4.95. The first-order chi connectivity index (χ1) is 12.0. The van der Waals surface area contributed by atoms with E-state index in [2.05, 4.69) is 0 Å². The third-order valence-corrected chi connectivity index (χ3v) is 4.95. The fraction of sp³-hybridized carbons (Fsp3) is 0.381. The smallest absolute Gasteiger partial charge is 0.426 e. The van der Waals surface area contributed by atoms with Gasteiger partial charge in [-0.3, -0.25) is 0 Å². The van der Waals surface area contributed by atoms with E-state index in [-0.39, 0.29) is 17.2 Å². The van der Waals surface area contributed by atoms with Crippen LogP contribution in [0.15, 0.2) is 48.5 Å². The van der Waals surface area contributed by atoms with Crippen molar-refractivity contribution in [2.24, 2.45) is 5.92 Å². The lowest BCUT2D eigenvalue weighted by atomic mass is 9.79. The van der Waals surface area contributed by atoms with Gasteiger partial charge in [0.05, 0.1) is 5.56 Å². The molecule has 0 saturated heterocycles. The highest BCUT2D eigenvalue weighted by molar-refractivity contribution is 5.53. The van der Waals surface area contributed by atoms with E-state index in [1.807, 2.05) is 19.1 Å².